The average Bonchev–Trinajstić information content (AvgIpc) is 2.93. The number of rotatable bonds is 6. The Hall–Kier alpha value is -1.82. The van der Waals surface area contributed by atoms with Gasteiger partial charge in [0.2, 0.25) is 5.91 Å². The van der Waals surface area contributed by atoms with E-state index >= 15 is 0 Å². The van der Waals surface area contributed by atoms with Crippen LogP contribution in [0.15, 0.2) is 35.7 Å². The molecule has 1 aromatic heterocycles. The van der Waals surface area contributed by atoms with Crippen molar-refractivity contribution in [3.8, 4) is 5.69 Å². The molecule has 6 heteroatoms. The third kappa shape index (κ3) is 4.07. The van der Waals surface area contributed by atoms with Crippen molar-refractivity contribution in [2.24, 2.45) is 0 Å². The Bertz CT molecular complexity index is 611. The van der Waals surface area contributed by atoms with Gasteiger partial charge >= 0.3 is 0 Å². The van der Waals surface area contributed by atoms with Crippen LogP contribution in [0.2, 0.25) is 0 Å². The molecule has 1 aromatic carbocycles. The molecule has 1 N–H and O–H groups in total. The highest BCUT2D eigenvalue weighted by molar-refractivity contribution is 7.99. The van der Waals surface area contributed by atoms with Gasteiger partial charge in [-0.2, -0.15) is 0 Å². The standard InChI is InChI=1S/C15H20N4OS/c1-4-12(3)17-14(20)9-21-15-18-16-10-19(15)13-8-6-5-7-11(13)2/h5-8,10,12H,4,9H2,1-3H3,(H,17,20)/t12-/m0/s1. The second-order valence-corrected chi connectivity index (χ2v) is 5.88. The molecule has 21 heavy (non-hydrogen) atoms. The van der Waals surface area contributed by atoms with Crippen molar-refractivity contribution >= 4 is 17.7 Å². The van der Waals surface area contributed by atoms with Gasteiger partial charge in [0.05, 0.1) is 11.4 Å². The maximum Gasteiger partial charge on any atom is 0.230 e. The predicted molar refractivity (Wildman–Crippen MR) is 84.7 cm³/mol. The zero-order valence-corrected chi connectivity index (χ0v) is 13.4. The molecule has 2 rings (SSSR count). The number of carbonyl (C=O) groups excluding carboxylic acids is 1. The van der Waals surface area contributed by atoms with Crippen LogP contribution in [0.1, 0.15) is 25.8 Å². The molecule has 0 radical (unpaired) electrons. The number of benzene rings is 1. The van der Waals surface area contributed by atoms with E-state index in [1.54, 1.807) is 6.33 Å². The van der Waals surface area contributed by atoms with Gasteiger partial charge in [0.1, 0.15) is 6.33 Å². The Morgan fingerprint density at radius 2 is 2.19 bits per heavy atom. The van der Waals surface area contributed by atoms with E-state index in [0.717, 1.165) is 22.8 Å². The van der Waals surface area contributed by atoms with Crippen molar-refractivity contribution in [3.05, 3.63) is 36.2 Å². The number of carbonyl (C=O) groups is 1. The lowest BCUT2D eigenvalue weighted by Crippen LogP contribution is -2.33. The molecular weight excluding hydrogens is 284 g/mol. The molecular formula is C15H20N4OS. The number of nitrogens with zero attached hydrogens (tertiary/aromatic N) is 3. The van der Waals surface area contributed by atoms with E-state index in [1.807, 2.05) is 49.6 Å². The molecule has 1 atom stereocenters. The maximum atomic E-state index is 11.8. The first kappa shape index (κ1) is 15.6. The summed E-state index contributed by atoms with van der Waals surface area (Å²) in [5.74, 6) is 0.364. The van der Waals surface area contributed by atoms with Crippen molar-refractivity contribution < 1.29 is 4.79 Å². The highest BCUT2D eigenvalue weighted by atomic mass is 32.2. The molecule has 0 aliphatic heterocycles. The van der Waals surface area contributed by atoms with Crippen molar-refractivity contribution in [2.75, 3.05) is 5.75 Å². The lowest BCUT2D eigenvalue weighted by molar-refractivity contribution is -0.119. The first-order valence-electron chi connectivity index (χ1n) is 7.00. The smallest absolute Gasteiger partial charge is 0.230 e. The summed E-state index contributed by atoms with van der Waals surface area (Å²) in [6.45, 7) is 6.09. The summed E-state index contributed by atoms with van der Waals surface area (Å²) in [4.78, 5) is 11.8. The first-order valence-corrected chi connectivity index (χ1v) is 7.98. The molecule has 1 heterocycles. The lowest BCUT2D eigenvalue weighted by Gasteiger charge is -2.11. The van der Waals surface area contributed by atoms with Crippen LogP contribution in [0, 0.1) is 6.92 Å². The number of hydrogen-bond acceptors (Lipinski definition) is 4. The summed E-state index contributed by atoms with van der Waals surface area (Å²) in [5, 5.41) is 11.7. The summed E-state index contributed by atoms with van der Waals surface area (Å²) in [6.07, 6.45) is 2.60. The number of aromatic nitrogens is 3. The van der Waals surface area contributed by atoms with Crippen molar-refractivity contribution in [3.63, 3.8) is 0 Å². The zero-order valence-electron chi connectivity index (χ0n) is 12.5. The largest absolute Gasteiger partial charge is 0.353 e. The minimum atomic E-state index is 0.0219. The number of nitrogens with one attached hydrogen (secondary N) is 1. The third-order valence-electron chi connectivity index (χ3n) is 3.24. The Balaban J connectivity index is 2.05. The fraction of sp³-hybridized carbons (Fsp3) is 0.400. The minimum absolute atomic E-state index is 0.0219. The lowest BCUT2D eigenvalue weighted by atomic mass is 10.2. The second-order valence-electron chi connectivity index (χ2n) is 4.94. The summed E-state index contributed by atoms with van der Waals surface area (Å²) in [6, 6.07) is 8.23. The van der Waals surface area contributed by atoms with Gasteiger partial charge in [-0.3, -0.25) is 9.36 Å². The SMILES string of the molecule is CC[C@H](C)NC(=O)CSc1nncn1-c1ccccc1C. The van der Waals surface area contributed by atoms with E-state index in [9.17, 15) is 4.79 Å². The molecule has 0 aliphatic rings. The quantitative estimate of drug-likeness (QED) is 0.833. The van der Waals surface area contributed by atoms with Crippen molar-refractivity contribution in [2.45, 2.75) is 38.4 Å². The number of thioether (sulfide) groups is 1. The Kier molecular flexibility index (Phi) is 5.38. The van der Waals surface area contributed by atoms with E-state index in [-0.39, 0.29) is 11.9 Å². The van der Waals surface area contributed by atoms with Crippen molar-refractivity contribution in [1.29, 1.82) is 0 Å². The summed E-state index contributed by atoms with van der Waals surface area (Å²) in [5.41, 5.74) is 2.18. The van der Waals surface area contributed by atoms with Crippen LogP contribution < -0.4 is 5.32 Å². The molecule has 0 saturated heterocycles. The van der Waals surface area contributed by atoms with Gasteiger partial charge in [0.15, 0.2) is 5.16 Å². The highest BCUT2D eigenvalue weighted by Gasteiger charge is 2.12. The average molecular weight is 304 g/mol. The fourth-order valence-electron chi connectivity index (χ4n) is 1.87. The van der Waals surface area contributed by atoms with Gasteiger partial charge in [-0.25, -0.2) is 0 Å². The fourth-order valence-corrected chi connectivity index (χ4v) is 2.60. The monoisotopic (exact) mass is 304 g/mol. The Morgan fingerprint density at radius 1 is 1.43 bits per heavy atom. The molecule has 0 unspecified atom stereocenters. The van der Waals surface area contributed by atoms with Gasteiger partial charge < -0.3 is 5.32 Å². The van der Waals surface area contributed by atoms with Gasteiger partial charge in [-0.15, -0.1) is 10.2 Å². The Labute approximate surface area is 129 Å². The number of hydrogen-bond donors (Lipinski definition) is 1. The molecule has 0 aliphatic carbocycles. The molecule has 0 saturated carbocycles. The normalized spacial score (nSPS) is 12.1. The van der Waals surface area contributed by atoms with Crippen LogP contribution >= 0.6 is 11.8 Å². The van der Waals surface area contributed by atoms with Crippen LogP contribution in [0.5, 0.6) is 0 Å². The topological polar surface area (TPSA) is 59.8 Å². The van der Waals surface area contributed by atoms with E-state index in [0.29, 0.717) is 5.75 Å². The Morgan fingerprint density at radius 3 is 2.90 bits per heavy atom. The molecule has 5 nitrogen and oxygen atoms in total. The van der Waals surface area contributed by atoms with Gasteiger partial charge in [-0.05, 0) is 31.9 Å². The highest BCUT2D eigenvalue weighted by Crippen LogP contribution is 2.21. The number of para-hydroxylation sites is 1. The molecule has 1 amide bonds. The second kappa shape index (κ2) is 7.26. The van der Waals surface area contributed by atoms with Gasteiger partial charge in [0, 0.05) is 6.04 Å². The molecule has 112 valence electrons. The predicted octanol–water partition coefficient (Wildman–Crippen LogP) is 2.58. The van der Waals surface area contributed by atoms with Crippen LogP contribution in [0.4, 0.5) is 0 Å². The van der Waals surface area contributed by atoms with Crippen LogP contribution in [-0.2, 0) is 4.79 Å². The van der Waals surface area contributed by atoms with Crippen LogP contribution in [0.25, 0.3) is 5.69 Å². The summed E-state index contributed by atoms with van der Waals surface area (Å²) < 4.78 is 1.91. The maximum absolute atomic E-state index is 11.8. The van der Waals surface area contributed by atoms with Crippen molar-refractivity contribution in [1.82, 2.24) is 20.1 Å². The van der Waals surface area contributed by atoms with E-state index in [4.69, 9.17) is 0 Å². The number of amides is 1. The zero-order chi connectivity index (χ0) is 15.2. The first-order chi connectivity index (χ1) is 10.1. The van der Waals surface area contributed by atoms with Crippen LogP contribution in [0.3, 0.4) is 0 Å². The molecule has 2 aromatic rings. The summed E-state index contributed by atoms with van der Waals surface area (Å²) >= 11 is 1.40. The van der Waals surface area contributed by atoms with Gasteiger partial charge in [-0.1, -0.05) is 36.9 Å². The van der Waals surface area contributed by atoms with E-state index in [1.165, 1.54) is 11.8 Å². The van der Waals surface area contributed by atoms with Gasteiger partial charge in [0.25, 0.3) is 0 Å². The number of aryl methyl sites for hydroxylation is 1. The minimum Gasteiger partial charge on any atom is -0.353 e. The van der Waals surface area contributed by atoms with Crippen LogP contribution in [-0.4, -0.2) is 32.5 Å². The summed E-state index contributed by atoms with van der Waals surface area (Å²) in [7, 11) is 0. The van der Waals surface area contributed by atoms with E-state index in [2.05, 4.69) is 15.5 Å². The van der Waals surface area contributed by atoms with E-state index < -0.39 is 0 Å². The molecule has 0 spiro atoms. The third-order valence-corrected chi connectivity index (χ3v) is 4.19. The molecule has 0 bridgehead atoms. The molecule has 0 fully saturated rings.